The Hall–Kier alpha value is -3.21. The van der Waals surface area contributed by atoms with Crippen LogP contribution in [0.25, 0.3) is 0 Å². The van der Waals surface area contributed by atoms with Gasteiger partial charge in [0.05, 0.1) is 25.9 Å². The molecule has 0 unspecified atom stereocenters. The Morgan fingerprint density at radius 2 is 1.88 bits per heavy atom. The van der Waals surface area contributed by atoms with E-state index in [-0.39, 0.29) is 17.9 Å². The third-order valence-corrected chi connectivity index (χ3v) is 5.88. The Morgan fingerprint density at radius 1 is 1.15 bits per heavy atom. The van der Waals surface area contributed by atoms with Crippen molar-refractivity contribution in [2.45, 2.75) is 24.7 Å². The highest BCUT2D eigenvalue weighted by molar-refractivity contribution is 9.10. The van der Waals surface area contributed by atoms with Gasteiger partial charge < -0.3 is 20.1 Å². The highest BCUT2D eigenvalue weighted by Crippen LogP contribution is 2.43. The number of nitrogens with one attached hydrogen (secondary N) is 2. The number of ether oxygens (including phenoxy) is 2. The molecule has 0 bridgehead atoms. The number of carbonyl (C=O) groups excluding carboxylic acids is 1. The van der Waals surface area contributed by atoms with Crippen molar-refractivity contribution in [1.82, 2.24) is 9.78 Å². The van der Waals surface area contributed by atoms with Crippen LogP contribution in [-0.4, -0.2) is 36.1 Å². The molecule has 0 radical (unpaired) electrons. The number of carbonyl (C=O) groups is 1. The van der Waals surface area contributed by atoms with Gasteiger partial charge in [-0.3, -0.25) is 4.79 Å². The third kappa shape index (κ3) is 4.77. The number of rotatable bonds is 5. The predicted molar refractivity (Wildman–Crippen MR) is 120 cm³/mol. The number of fused-ring (bicyclic) bond motifs is 1. The highest BCUT2D eigenvalue weighted by Gasteiger charge is 2.46. The number of methoxy groups -OCH3 is 2. The second-order valence-corrected chi connectivity index (χ2v) is 8.34. The van der Waals surface area contributed by atoms with Gasteiger partial charge in [-0.25, -0.2) is 4.68 Å². The molecule has 174 valence electrons. The lowest BCUT2D eigenvalue weighted by molar-refractivity contribution is -0.173. The van der Waals surface area contributed by atoms with Crippen LogP contribution in [0, 0.1) is 0 Å². The molecule has 2 atom stereocenters. The molecule has 2 N–H and O–H groups in total. The number of aromatic nitrogens is 2. The molecule has 2 aromatic carbocycles. The van der Waals surface area contributed by atoms with Crippen molar-refractivity contribution in [3.8, 4) is 11.5 Å². The number of amides is 1. The second-order valence-electron chi connectivity index (χ2n) is 7.42. The molecule has 2 heterocycles. The maximum Gasteiger partial charge on any atom is 0.410 e. The van der Waals surface area contributed by atoms with Crippen LogP contribution in [-0.2, 0) is 0 Å². The van der Waals surface area contributed by atoms with Crippen molar-refractivity contribution in [2.24, 2.45) is 0 Å². The van der Waals surface area contributed by atoms with Gasteiger partial charge in [-0.1, -0.05) is 28.1 Å². The quantitative estimate of drug-likeness (QED) is 0.455. The molecule has 7 nitrogen and oxygen atoms in total. The standard InChI is InChI=1S/C22H20BrF3N4O3/c1-32-14-7-8-15(18(9-14)33-2)28-21(31)17-11-20-27-16(12-3-5-13(23)6-4-12)10-19(22(24,25)26)30(20)29-17/h3-9,11,16,19,27H,10H2,1-2H3,(H,28,31)/t16-,19+/m0/s1. The molecule has 1 aliphatic heterocycles. The van der Waals surface area contributed by atoms with E-state index in [2.05, 4.69) is 31.7 Å². The van der Waals surface area contributed by atoms with E-state index in [0.717, 1.165) is 9.15 Å². The maximum atomic E-state index is 13.9. The molecule has 0 spiro atoms. The molecule has 0 saturated heterocycles. The summed E-state index contributed by atoms with van der Waals surface area (Å²) in [5.41, 5.74) is 0.886. The zero-order valence-corrected chi connectivity index (χ0v) is 19.2. The Bertz CT molecular complexity index is 1160. The number of nitrogens with zero attached hydrogens (tertiary/aromatic N) is 2. The topological polar surface area (TPSA) is 77.4 Å². The summed E-state index contributed by atoms with van der Waals surface area (Å²) < 4.78 is 53.7. The van der Waals surface area contributed by atoms with Gasteiger partial charge in [0.15, 0.2) is 11.7 Å². The second kappa shape index (κ2) is 8.97. The summed E-state index contributed by atoms with van der Waals surface area (Å²) in [5, 5.41) is 9.68. The van der Waals surface area contributed by atoms with Crippen molar-refractivity contribution in [3.05, 3.63) is 64.3 Å². The van der Waals surface area contributed by atoms with Crippen molar-refractivity contribution < 1.29 is 27.4 Å². The normalized spacial score (nSPS) is 17.6. The van der Waals surface area contributed by atoms with Gasteiger partial charge in [0.2, 0.25) is 0 Å². The van der Waals surface area contributed by atoms with E-state index in [4.69, 9.17) is 9.47 Å². The van der Waals surface area contributed by atoms with E-state index in [1.165, 1.54) is 20.3 Å². The van der Waals surface area contributed by atoms with Gasteiger partial charge in [0, 0.05) is 23.0 Å². The lowest BCUT2D eigenvalue weighted by Crippen LogP contribution is -2.35. The zero-order chi connectivity index (χ0) is 23.8. The number of anilines is 2. The van der Waals surface area contributed by atoms with E-state index in [9.17, 15) is 18.0 Å². The Kier molecular flexibility index (Phi) is 6.24. The van der Waals surface area contributed by atoms with Crippen LogP contribution < -0.4 is 20.1 Å². The molecule has 4 rings (SSSR count). The molecule has 0 saturated carbocycles. The SMILES string of the molecule is COc1ccc(NC(=O)c2cc3n(n2)[C@@H](C(F)(F)F)C[C@@H](c2ccc(Br)cc2)N3)c(OC)c1. The molecule has 1 amide bonds. The zero-order valence-electron chi connectivity index (χ0n) is 17.6. The van der Waals surface area contributed by atoms with Crippen LogP contribution in [0.5, 0.6) is 11.5 Å². The van der Waals surface area contributed by atoms with Crippen LogP contribution in [0.1, 0.15) is 34.6 Å². The van der Waals surface area contributed by atoms with Crippen LogP contribution in [0.2, 0.25) is 0 Å². The summed E-state index contributed by atoms with van der Waals surface area (Å²) in [5.74, 6) is 0.318. The lowest BCUT2D eigenvalue weighted by atomic mass is 9.97. The van der Waals surface area contributed by atoms with Crippen molar-refractivity contribution >= 4 is 33.3 Å². The Labute approximate surface area is 196 Å². The van der Waals surface area contributed by atoms with Crippen molar-refractivity contribution in [3.63, 3.8) is 0 Å². The fourth-order valence-electron chi connectivity index (χ4n) is 3.69. The Morgan fingerprint density at radius 3 is 2.52 bits per heavy atom. The van der Waals surface area contributed by atoms with E-state index in [0.29, 0.717) is 22.7 Å². The van der Waals surface area contributed by atoms with E-state index >= 15 is 0 Å². The number of hydrogen-bond donors (Lipinski definition) is 2. The van der Waals surface area contributed by atoms with Crippen LogP contribution in [0.3, 0.4) is 0 Å². The number of benzene rings is 2. The lowest BCUT2D eigenvalue weighted by Gasteiger charge is -2.33. The van der Waals surface area contributed by atoms with Crippen molar-refractivity contribution in [1.29, 1.82) is 0 Å². The minimum absolute atomic E-state index is 0.114. The Balaban J connectivity index is 1.63. The number of hydrogen-bond acceptors (Lipinski definition) is 5. The number of halogens is 4. The fourth-order valence-corrected chi connectivity index (χ4v) is 3.95. The molecule has 33 heavy (non-hydrogen) atoms. The summed E-state index contributed by atoms with van der Waals surface area (Å²) in [7, 11) is 2.92. The van der Waals surface area contributed by atoms with E-state index in [1.807, 2.05) is 0 Å². The van der Waals surface area contributed by atoms with Crippen LogP contribution in [0.15, 0.2) is 53.0 Å². The van der Waals surface area contributed by atoms with Gasteiger partial charge in [0.25, 0.3) is 5.91 Å². The van der Waals surface area contributed by atoms with E-state index in [1.54, 1.807) is 42.5 Å². The van der Waals surface area contributed by atoms with E-state index < -0.39 is 24.2 Å². The molecule has 3 aromatic rings. The summed E-state index contributed by atoms with van der Waals surface area (Å²) in [6.07, 6.45) is -4.80. The maximum absolute atomic E-state index is 13.9. The number of alkyl halides is 3. The largest absolute Gasteiger partial charge is 0.497 e. The first-order chi connectivity index (χ1) is 15.7. The minimum atomic E-state index is -4.54. The van der Waals surface area contributed by atoms with Crippen LogP contribution >= 0.6 is 15.9 Å². The third-order valence-electron chi connectivity index (χ3n) is 5.35. The van der Waals surface area contributed by atoms with Gasteiger partial charge in [-0.2, -0.15) is 18.3 Å². The fraction of sp³-hybridized carbons (Fsp3) is 0.273. The smallest absolute Gasteiger partial charge is 0.410 e. The van der Waals surface area contributed by atoms with Crippen LogP contribution in [0.4, 0.5) is 24.7 Å². The summed E-state index contributed by atoms with van der Waals surface area (Å²) >= 11 is 3.33. The molecule has 0 aliphatic carbocycles. The van der Waals surface area contributed by atoms with Gasteiger partial charge in [0.1, 0.15) is 17.3 Å². The van der Waals surface area contributed by atoms with Gasteiger partial charge in [-0.15, -0.1) is 0 Å². The molecular formula is C22H20BrF3N4O3. The molecule has 11 heteroatoms. The summed E-state index contributed by atoms with van der Waals surface area (Å²) in [6, 6.07) is 10.7. The average Bonchev–Trinajstić information content (AvgIpc) is 3.22. The average molecular weight is 525 g/mol. The van der Waals surface area contributed by atoms with Gasteiger partial charge in [-0.05, 0) is 29.8 Å². The first kappa shape index (κ1) is 23.0. The van der Waals surface area contributed by atoms with Gasteiger partial charge >= 0.3 is 6.18 Å². The molecule has 1 aliphatic rings. The first-order valence-corrected chi connectivity index (χ1v) is 10.7. The van der Waals surface area contributed by atoms with Crippen molar-refractivity contribution in [2.75, 3.05) is 24.9 Å². The monoisotopic (exact) mass is 524 g/mol. The predicted octanol–water partition coefficient (Wildman–Crippen LogP) is 5.58. The first-order valence-electron chi connectivity index (χ1n) is 9.91. The minimum Gasteiger partial charge on any atom is -0.497 e. The summed E-state index contributed by atoms with van der Waals surface area (Å²) in [4.78, 5) is 12.8. The summed E-state index contributed by atoms with van der Waals surface area (Å²) in [6.45, 7) is 0. The molecular weight excluding hydrogens is 505 g/mol. The molecule has 1 aromatic heterocycles. The molecule has 0 fully saturated rings. The highest BCUT2D eigenvalue weighted by atomic mass is 79.9.